The van der Waals surface area contributed by atoms with Crippen LogP contribution in [-0.4, -0.2) is 0 Å². The van der Waals surface area contributed by atoms with Gasteiger partial charge >= 0.3 is 10.4 Å². The van der Waals surface area contributed by atoms with Gasteiger partial charge in [0.25, 0.3) is 0 Å². The lowest BCUT2D eigenvalue weighted by molar-refractivity contribution is -0.240. The van der Waals surface area contributed by atoms with Crippen LogP contribution >= 0.6 is 10.4 Å². The van der Waals surface area contributed by atoms with Crippen molar-refractivity contribution in [2.24, 2.45) is 0 Å². The lowest BCUT2D eigenvalue weighted by Crippen LogP contribution is -3.00. The molecule has 0 heterocycles. The number of quaternary nitrogens is 1. The predicted octanol–water partition coefficient (Wildman–Crippen LogP) is -7.55. The van der Waals surface area contributed by atoms with Gasteiger partial charge in [-0.15, -0.1) is 0 Å². The first-order chi connectivity index (χ1) is 2.45. The summed E-state index contributed by atoms with van der Waals surface area (Å²) in [6.07, 6.45) is 0. The molecule has 0 spiro atoms. The van der Waals surface area contributed by atoms with Crippen LogP contribution in [0.5, 0.6) is 0 Å². The zero-order valence-corrected chi connectivity index (χ0v) is 7.22. The molecule has 0 amide bonds. The monoisotopic (exact) mass is 249 g/mol. The Balaban J connectivity index is -0.0000000600. The van der Waals surface area contributed by atoms with E-state index in [9.17, 15) is 19.4 Å². The Bertz CT molecular complexity index is 75.5. The van der Waals surface area contributed by atoms with Gasteiger partial charge in [-0.2, -0.15) is 0 Å². The third-order valence-electron chi connectivity index (χ3n) is 0. The molecular formula is H3Cl3F5NS-2. The molecule has 3 N–H and O–H groups in total. The van der Waals surface area contributed by atoms with Crippen LogP contribution < -0.4 is 42.4 Å². The maximum atomic E-state index is 10.4. The molecule has 0 aromatic carbocycles. The molecule has 0 rings (SSSR count). The van der Waals surface area contributed by atoms with E-state index in [1.165, 1.54) is 0 Å². The minimum absolute atomic E-state index is 0. The maximum absolute atomic E-state index is 10.4. The third-order valence-corrected chi connectivity index (χ3v) is 0. The zero-order chi connectivity index (χ0) is 6.41. The zero-order valence-electron chi connectivity index (χ0n) is 4.14. The smallest absolute Gasteiger partial charge is 0.399 e. The molecule has 0 unspecified atom stereocenters. The van der Waals surface area contributed by atoms with Crippen LogP contribution in [0.25, 0.3) is 0 Å². The summed E-state index contributed by atoms with van der Waals surface area (Å²) in [5, 5.41) is 0.819. The summed E-state index contributed by atoms with van der Waals surface area (Å²) in [4.78, 5) is 0. The molecule has 0 fully saturated rings. The second-order valence-corrected chi connectivity index (χ2v) is 3.39. The van der Waals surface area contributed by atoms with Crippen LogP contribution in [0.3, 0.4) is 0 Å². The topological polar surface area (TPSA) is 27.6 Å². The highest BCUT2D eigenvalue weighted by atomic mass is 35.5. The lowest BCUT2D eigenvalue weighted by atomic mass is 13.9. The minimum Gasteiger partial charge on any atom is -1.00 e. The molecule has 0 aromatic heterocycles. The van der Waals surface area contributed by atoms with E-state index in [0.717, 1.165) is 5.14 Å². The van der Waals surface area contributed by atoms with Crippen molar-refractivity contribution in [3.05, 3.63) is 0 Å². The quantitative estimate of drug-likeness (QED) is 0.414. The Labute approximate surface area is 72.6 Å². The van der Waals surface area contributed by atoms with E-state index in [1.54, 1.807) is 0 Å². The Morgan fingerprint density at radius 3 is 0.700 bits per heavy atom. The number of hydrogen-bond acceptors (Lipinski definition) is 0. The molecule has 72 valence electrons. The average molecular weight is 250 g/mol. The van der Waals surface area contributed by atoms with Crippen LogP contribution in [0.15, 0.2) is 0 Å². The molecule has 0 atom stereocenters. The van der Waals surface area contributed by atoms with Crippen molar-refractivity contribution in [1.82, 2.24) is 0 Å². The summed E-state index contributed by atoms with van der Waals surface area (Å²) in [6.45, 7) is 0. The summed E-state index contributed by atoms with van der Waals surface area (Å²) in [5.74, 6) is 0. The lowest BCUT2D eigenvalue weighted by Gasteiger charge is -2.30. The molecule has 0 aliphatic heterocycles. The highest BCUT2D eigenvalue weighted by Crippen LogP contribution is 2.89. The van der Waals surface area contributed by atoms with Crippen molar-refractivity contribution in [3.63, 3.8) is 0 Å². The largest absolute Gasteiger partial charge is 1.00 e. The summed E-state index contributed by atoms with van der Waals surface area (Å²) in [7, 11) is -9.22. The fourth-order valence-electron chi connectivity index (χ4n) is 0. The van der Waals surface area contributed by atoms with E-state index < -0.39 is 10.4 Å². The summed E-state index contributed by atoms with van der Waals surface area (Å²) in [5.41, 5.74) is 0. The highest BCUT2D eigenvalue weighted by Gasteiger charge is 2.62. The van der Waals surface area contributed by atoms with Crippen molar-refractivity contribution >= 4 is 10.4 Å². The summed E-state index contributed by atoms with van der Waals surface area (Å²) < 4.78 is 52.0. The highest BCUT2D eigenvalue weighted by molar-refractivity contribution is 8.40. The van der Waals surface area contributed by atoms with Crippen LogP contribution in [-0.2, 0) is 0 Å². The number of rotatable bonds is 0. The fraction of sp³-hybridized carbons (Fsp3) is 0. The molecule has 10 heavy (non-hydrogen) atoms. The minimum atomic E-state index is -9.22. The van der Waals surface area contributed by atoms with E-state index in [0.29, 0.717) is 0 Å². The molecule has 0 bridgehead atoms. The Morgan fingerprint density at radius 1 is 0.700 bits per heavy atom. The molecule has 0 aliphatic rings. The number of hydrogen-bond donors (Lipinski definition) is 1. The van der Waals surface area contributed by atoms with E-state index >= 15 is 0 Å². The summed E-state index contributed by atoms with van der Waals surface area (Å²) >= 11 is 0. The van der Waals surface area contributed by atoms with Crippen LogP contribution in [0.2, 0.25) is 0 Å². The second kappa shape index (κ2) is 3.06. The van der Waals surface area contributed by atoms with Gasteiger partial charge in [0.15, 0.2) is 0 Å². The van der Waals surface area contributed by atoms with E-state index in [2.05, 4.69) is 0 Å². The molecule has 1 nitrogen and oxygen atoms in total. The Kier molecular flexibility index (Phi) is 6.86. The van der Waals surface area contributed by atoms with Crippen LogP contribution in [0, 0.1) is 0 Å². The van der Waals surface area contributed by atoms with Gasteiger partial charge in [0.1, 0.15) is 0 Å². The number of halogens is 8. The first-order valence-electron chi connectivity index (χ1n) is 1.06. The normalized spacial score (nSPS) is 16.2. The van der Waals surface area contributed by atoms with Crippen molar-refractivity contribution in [2.45, 2.75) is 0 Å². The van der Waals surface area contributed by atoms with Gasteiger partial charge in [0.05, 0.1) is 0 Å². The van der Waals surface area contributed by atoms with Crippen molar-refractivity contribution in [3.8, 4) is 0 Å². The van der Waals surface area contributed by atoms with Crippen LogP contribution in [0.4, 0.5) is 19.4 Å². The molecule has 0 saturated heterocycles. The van der Waals surface area contributed by atoms with Crippen molar-refractivity contribution in [1.29, 1.82) is 0 Å². The standard InChI is InChI=1S/3ClH.F5H2NS/c;;;1-7(2,3,4,5)6/h3*1H;6H2/p-2. The van der Waals surface area contributed by atoms with Crippen molar-refractivity contribution < 1.29 is 61.8 Å². The van der Waals surface area contributed by atoms with E-state index in [1.807, 2.05) is 0 Å². The maximum Gasteiger partial charge on any atom is 0.399 e. The average Bonchev–Trinajstić information content (AvgIpc) is 0.592. The summed E-state index contributed by atoms with van der Waals surface area (Å²) in [6, 6.07) is 0. The van der Waals surface area contributed by atoms with Gasteiger partial charge in [-0.3, -0.25) is 0 Å². The van der Waals surface area contributed by atoms with Crippen molar-refractivity contribution in [2.75, 3.05) is 0 Å². The van der Waals surface area contributed by atoms with Gasteiger partial charge in [-0.1, -0.05) is 19.4 Å². The third kappa shape index (κ3) is 786. The second-order valence-electron chi connectivity index (χ2n) is 1.13. The SMILES string of the molecule is [Cl-].[Cl-].[Cl-].[NH3+]S(F)(F)(F)(F)F. The van der Waals surface area contributed by atoms with Gasteiger partial charge in [0, 0.05) is 0 Å². The van der Waals surface area contributed by atoms with Gasteiger partial charge in [-0.05, 0) is 0 Å². The fourth-order valence-corrected chi connectivity index (χ4v) is 0. The van der Waals surface area contributed by atoms with Gasteiger partial charge in [-0.25, -0.2) is 5.14 Å². The molecule has 10 heteroatoms. The molecule has 0 radical (unpaired) electrons. The predicted molar refractivity (Wildman–Crippen MR) is 16.0 cm³/mol. The van der Waals surface area contributed by atoms with Gasteiger partial charge < -0.3 is 37.2 Å². The molecular weight excluding hydrogens is 247 g/mol. The first kappa shape index (κ1) is 22.4. The van der Waals surface area contributed by atoms with Gasteiger partial charge in [0.2, 0.25) is 0 Å². The Morgan fingerprint density at radius 2 is 0.700 bits per heavy atom. The molecule has 0 aromatic rings. The first-order valence-corrected chi connectivity index (χ1v) is 3.18. The van der Waals surface area contributed by atoms with E-state index in [-0.39, 0.29) is 37.2 Å². The van der Waals surface area contributed by atoms with E-state index in [4.69, 9.17) is 0 Å². The van der Waals surface area contributed by atoms with Crippen LogP contribution in [0.1, 0.15) is 0 Å². The molecule has 0 saturated carbocycles. The Hall–Kier alpha value is 0.830. The molecule has 0 aliphatic carbocycles.